The molecule has 0 radical (unpaired) electrons. The topological polar surface area (TPSA) is 79.3 Å². The minimum atomic E-state index is -0.639. The van der Waals surface area contributed by atoms with E-state index in [1.165, 1.54) is 16.6 Å². The Bertz CT molecular complexity index is 1320. The molecule has 0 fully saturated rings. The van der Waals surface area contributed by atoms with Crippen LogP contribution in [0, 0.1) is 12.7 Å². The number of aromatic amines is 1. The van der Waals surface area contributed by atoms with E-state index in [-0.39, 0.29) is 23.6 Å². The molecule has 0 aliphatic rings. The maximum atomic E-state index is 14.2. The number of hydrogen-bond acceptors (Lipinski definition) is 3. The van der Waals surface area contributed by atoms with E-state index in [0.29, 0.717) is 11.2 Å². The molecule has 0 saturated carbocycles. The standard InChI is InChI=1S/C24H23FN4O2/c1-15-21(16-9-5-4-6-10-16)22-27-19(13-20(30)29(22)28-15)23(31)26-14-24(2,3)17-11-7-8-12-18(17)25/h4-13,28H,14H2,1-3H3,(H,26,31). The van der Waals surface area contributed by atoms with Gasteiger partial charge in [0.2, 0.25) is 0 Å². The van der Waals surface area contributed by atoms with E-state index in [1.807, 2.05) is 51.1 Å². The Kier molecular flexibility index (Phi) is 5.19. The summed E-state index contributed by atoms with van der Waals surface area (Å²) in [5.74, 6) is -0.809. The second-order valence-electron chi connectivity index (χ2n) is 8.16. The van der Waals surface area contributed by atoms with Crippen LogP contribution in [0.4, 0.5) is 4.39 Å². The lowest BCUT2D eigenvalue weighted by atomic mass is 9.84. The number of hydrogen-bond donors (Lipinski definition) is 2. The van der Waals surface area contributed by atoms with Gasteiger partial charge in [-0.3, -0.25) is 14.7 Å². The lowest BCUT2D eigenvalue weighted by molar-refractivity contribution is 0.0940. The molecule has 7 heteroatoms. The van der Waals surface area contributed by atoms with Gasteiger partial charge in [-0.15, -0.1) is 0 Å². The van der Waals surface area contributed by atoms with Crippen molar-refractivity contribution in [1.29, 1.82) is 0 Å². The molecule has 4 rings (SSSR count). The van der Waals surface area contributed by atoms with Crippen LogP contribution in [0.2, 0.25) is 0 Å². The number of carbonyl (C=O) groups is 1. The largest absolute Gasteiger partial charge is 0.350 e. The first kappa shape index (κ1) is 20.5. The zero-order valence-corrected chi connectivity index (χ0v) is 17.6. The van der Waals surface area contributed by atoms with E-state index >= 15 is 0 Å². The van der Waals surface area contributed by atoms with Crippen molar-refractivity contribution in [1.82, 2.24) is 19.9 Å². The fourth-order valence-corrected chi connectivity index (χ4v) is 3.71. The van der Waals surface area contributed by atoms with Gasteiger partial charge in [0, 0.05) is 29.3 Å². The minimum absolute atomic E-state index is 0.0190. The number of aromatic nitrogens is 3. The number of aryl methyl sites for hydroxylation is 1. The Morgan fingerprint density at radius 1 is 1.13 bits per heavy atom. The van der Waals surface area contributed by atoms with Gasteiger partial charge in [-0.25, -0.2) is 13.9 Å². The number of fused-ring (bicyclic) bond motifs is 1. The van der Waals surface area contributed by atoms with Crippen molar-refractivity contribution in [2.75, 3.05) is 6.54 Å². The molecule has 2 heterocycles. The molecule has 2 aromatic carbocycles. The maximum Gasteiger partial charge on any atom is 0.273 e. The summed E-state index contributed by atoms with van der Waals surface area (Å²) in [5.41, 5.74) is 2.32. The third-order valence-electron chi connectivity index (χ3n) is 5.39. The Morgan fingerprint density at radius 2 is 1.81 bits per heavy atom. The molecule has 0 aliphatic carbocycles. The van der Waals surface area contributed by atoms with Gasteiger partial charge in [-0.05, 0) is 24.1 Å². The van der Waals surface area contributed by atoms with Gasteiger partial charge in [0.15, 0.2) is 5.65 Å². The highest BCUT2D eigenvalue weighted by Crippen LogP contribution is 2.27. The molecule has 0 spiro atoms. The highest BCUT2D eigenvalue weighted by atomic mass is 19.1. The second-order valence-corrected chi connectivity index (χ2v) is 8.16. The zero-order chi connectivity index (χ0) is 22.2. The predicted molar refractivity (Wildman–Crippen MR) is 118 cm³/mol. The van der Waals surface area contributed by atoms with E-state index in [9.17, 15) is 14.0 Å². The van der Waals surface area contributed by atoms with E-state index in [0.717, 1.165) is 16.8 Å². The van der Waals surface area contributed by atoms with Gasteiger partial charge in [0.1, 0.15) is 11.5 Å². The Morgan fingerprint density at radius 3 is 2.52 bits per heavy atom. The number of amides is 1. The first-order valence-electron chi connectivity index (χ1n) is 9.99. The van der Waals surface area contributed by atoms with Crippen molar-refractivity contribution in [2.45, 2.75) is 26.2 Å². The van der Waals surface area contributed by atoms with Crippen LogP contribution < -0.4 is 10.9 Å². The molecule has 158 valence electrons. The molecule has 6 nitrogen and oxygen atoms in total. The predicted octanol–water partition coefficient (Wildman–Crippen LogP) is 3.84. The summed E-state index contributed by atoms with van der Waals surface area (Å²) in [6, 6.07) is 17.2. The van der Waals surface area contributed by atoms with Crippen LogP contribution in [0.5, 0.6) is 0 Å². The molecule has 0 bridgehead atoms. The van der Waals surface area contributed by atoms with Gasteiger partial charge in [-0.1, -0.05) is 62.4 Å². The number of nitrogens with zero attached hydrogens (tertiary/aromatic N) is 2. The van der Waals surface area contributed by atoms with Crippen LogP contribution in [-0.2, 0) is 5.41 Å². The molecule has 0 atom stereocenters. The average molecular weight is 418 g/mol. The molecule has 2 aromatic heterocycles. The number of carbonyl (C=O) groups excluding carboxylic acids is 1. The highest BCUT2D eigenvalue weighted by Gasteiger charge is 2.25. The highest BCUT2D eigenvalue weighted by molar-refractivity contribution is 5.93. The van der Waals surface area contributed by atoms with Gasteiger partial charge < -0.3 is 5.32 Å². The lowest BCUT2D eigenvalue weighted by Gasteiger charge is -2.26. The molecule has 4 aromatic rings. The van der Waals surface area contributed by atoms with E-state index in [2.05, 4.69) is 15.4 Å². The van der Waals surface area contributed by atoms with Gasteiger partial charge in [-0.2, -0.15) is 0 Å². The van der Waals surface area contributed by atoms with Crippen molar-refractivity contribution in [3.63, 3.8) is 0 Å². The van der Waals surface area contributed by atoms with Crippen LogP contribution in [0.1, 0.15) is 35.6 Å². The van der Waals surface area contributed by atoms with Crippen LogP contribution >= 0.6 is 0 Å². The van der Waals surface area contributed by atoms with Crippen LogP contribution in [0.25, 0.3) is 16.8 Å². The smallest absolute Gasteiger partial charge is 0.273 e. The average Bonchev–Trinajstić information content (AvgIpc) is 3.09. The number of halogens is 1. The van der Waals surface area contributed by atoms with Crippen molar-refractivity contribution >= 4 is 11.6 Å². The number of nitrogens with one attached hydrogen (secondary N) is 2. The summed E-state index contributed by atoms with van der Waals surface area (Å²) >= 11 is 0. The van der Waals surface area contributed by atoms with Gasteiger partial charge >= 0.3 is 0 Å². The number of H-pyrrole nitrogens is 1. The quantitative estimate of drug-likeness (QED) is 0.517. The van der Waals surface area contributed by atoms with Crippen molar-refractivity contribution in [2.24, 2.45) is 0 Å². The third-order valence-corrected chi connectivity index (χ3v) is 5.39. The maximum absolute atomic E-state index is 14.2. The van der Waals surface area contributed by atoms with Gasteiger partial charge in [0.05, 0.1) is 0 Å². The summed E-state index contributed by atoms with van der Waals surface area (Å²) in [6.45, 7) is 5.74. The van der Waals surface area contributed by atoms with Crippen LogP contribution in [-0.4, -0.2) is 27.0 Å². The fraction of sp³-hybridized carbons (Fsp3) is 0.208. The van der Waals surface area contributed by atoms with Crippen LogP contribution in [0.3, 0.4) is 0 Å². The first-order chi connectivity index (χ1) is 14.8. The number of benzene rings is 2. The Labute approximate surface area is 178 Å². The molecule has 0 unspecified atom stereocenters. The van der Waals surface area contributed by atoms with Crippen molar-refractivity contribution in [3.05, 3.63) is 93.8 Å². The molecule has 0 aliphatic heterocycles. The third kappa shape index (κ3) is 3.86. The molecular formula is C24H23FN4O2. The normalized spacial score (nSPS) is 11.6. The Hall–Kier alpha value is -3.74. The molecule has 0 saturated heterocycles. The zero-order valence-electron chi connectivity index (χ0n) is 17.6. The summed E-state index contributed by atoms with van der Waals surface area (Å²) in [4.78, 5) is 29.9. The first-order valence-corrected chi connectivity index (χ1v) is 9.99. The fourth-order valence-electron chi connectivity index (χ4n) is 3.71. The minimum Gasteiger partial charge on any atom is -0.350 e. The molecule has 2 N–H and O–H groups in total. The SMILES string of the molecule is Cc1[nH]n2c(=O)cc(C(=O)NCC(C)(C)c3ccccc3F)nc2c1-c1ccccc1. The number of rotatable bonds is 5. The van der Waals surface area contributed by atoms with Crippen LogP contribution in [0.15, 0.2) is 65.5 Å². The van der Waals surface area contributed by atoms with Crippen molar-refractivity contribution in [3.8, 4) is 11.1 Å². The summed E-state index contributed by atoms with van der Waals surface area (Å²) in [5, 5.41) is 5.81. The summed E-state index contributed by atoms with van der Waals surface area (Å²) < 4.78 is 15.5. The van der Waals surface area contributed by atoms with E-state index in [4.69, 9.17) is 0 Å². The second kappa shape index (κ2) is 7.83. The molecule has 1 amide bonds. The van der Waals surface area contributed by atoms with Crippen molar-refractivity contribution < 1.29 is 9.18 Å². The summed E-state index contributed by atoms with van der Waals surface area (Å²) in [6.07, 6.45) is 0. The molecular weight excluding hydrogens is 395 g/mol. The lowest BCUT2D eigenvalue weighted by Crippen LogP contribution is -2.38. The van der Waals surface area contributed by atoms with Gasteiger partial charge in [0.25, 0.3) is 11.5 Å². The Balaban J connectivity index is 1.66. The monoisotopic (exact) mass is 418 g/mol. The van der Waals surface area contributed by atoms with E-state index < -0.39 is 11.3 Å². The summed E-state index contributed by atoms with van der Waals surface area (Å²) in [7, 11) is 0. The van der Waals surface area contributed by atoms with E-state index in [1.54, 1.807) is 18.2 Å². The molecule has 31 heavy (non-hydrogen) atoms.